The van der Waals surface area contributed by atoms with Gasteiger partial charge in [-0.25, -0.2) is 0 Å². The second-order valence-corrected chi connectivity index (χ2v) is 4.74. The van der Waals surface area contributed by atoms with Gasteiger partial charge in [-0.05, 0) is 31.0 Å². The van der Waals surface area contributed by atoms with Gasteiger partial charge < -0.3 is 10.6 Å². The summed E-state index contributed by atoms with van der Waals surface area (Å²) in [6.45, 7) is 8.56. The van der Waals surface area contributed by atoms with Crippen molar-refractivity contribution >= 4 is 5.69 Å². The Morgan fingerprint density at radius 3 is 2.80 bits per heavy atom. The van der Waals surface area contributed by atoms with E-state index in [1.165, 1.54) is 16.8 Å². The minimum Gasteiger partial charge on any atom is -0.368 e. The number of rotatable bonds is 2. The third-order valence-electron chi connectivity index (χ3n) is 3.26. The van der Waals surface area contributed by atoms with Gasteiger partial charge in [0.25, 0.3) is 0 Å². The molecule has 1 aromatic carbocycles. The van der Waals surface area contributed by atoms with Crippen molar-refractivity contribution in [2.24, 2.45) is 5.73 Å². The molecule has 1 heterocycles. The molecule has 0 aliphatic carbocycles. The van der Waals surface area contributed by atoms with Gasteiger partial charge in [0.15, 0.2) is 0 Å². The molecule has 2 nitrogen and oxygen atoms in total. The Hall–Kier alpha value is -1.02. The highest BCUT2D eigenvalue weighted by Gasteiger charge is 2.26. The first-order chi connectivity index (χ1) is 7.13. The molecule has 0 amide bonds. The van der Waals surface area contributed by atoms with Gasteiger partial charge in [-0.2, -0.15) is 0 Å². The molecule has 1 aliphatic heterocycles. The Bertz CT molecular complexity index is 358. The van der Waals surface area contributed by atoms with Crippen LogP contribution in [0.2, 0.25) is 0 Å². The second kappa shape index (κ2) is 3.86. The molecule has 1 atom stereocenters. The third-order valence-corrected chi connectivity index (χ3v) is 3.26. The Labute approximate surface area is 92.1 Å². The largest absolute Gasteiger partial charge is 0.368 e. The molecular weight excluding hydrogens is 184 g/mol. The summed E-state index contributed by atoms with van der Waals surface area (Å²) in [7, 11) is 0. The molecule has 82 valence electrons. The number of hydrogen-bond acceptors (Lipinski definition) is 2. The molecule has 0 aromatic heterocycles. The Morgan fingerprint density at radius 1 is 1.47 bits per heavy atom. The highest BCUT2D eigenvalue weighted by atomic mass is 15.2. The lowest BCUT2D eigenvalue weighted by atomic mass is 10.0. The fourth-order valence-electron chi connectivity index (χ4n) is 2.36. The van der Waals surface area contributed by atoms with Crippen LogP contribution in [0.4, 0.5) is 5.69 Å². The van der Waals surface area contributed by atoms with E-state index in [2.05, 4.69) is 43.9 Å². The Kier molecular flexibility index (Phi) is 2.70. The maximum atomic E-state index is 5.68. The first-order valence-electron chi connectivity index (χ1n) is 5.73. The van der Waals surface area contributed by atoms with Crippen LogP contribution in [0, 0.1) is 0 Å². The molecule has 1 aliphatic rings. The summed E-state index contributed by atoms with van der Waals surface area (Å²) in [5, 5.41) is 0. The molecule has 1 unspecified atom stereocenters. The molecular formula is C13H20N2. The highest BCUT2D eigenvalue weighted by Crippen LogP contribution is 2.37. The summed E-state index contributed by atoms with van der Waals surface area (Å²) in [4.78, 5) is 2.47. The van der Waals surface area contributed by atoms with E-state index < -0.39 is 0 Å². The van der Waals surface area contributed by atoms with Crippen LogP contribution in [0.5, 0.6) is 0 Å². The number of nitrogens with two attached hydrogens (primary N) is 1. The number of nitrogens with zero attached hydrogens (tertiary/aromatic N) is 1. The zero-order valence-corrected chi connectivity index (χ0v) is 9.83. The first-order valence-corrected chi connectivity index (χ1v) is 5.73. The molecule has 0 radical (unpaired) electrons. The standard InChI is InChI=1S/C13H20N2/c1-9(2)15-8-10(3)12-5-4-11(7-14)6-13(12)15/h4-6,9-10H,7-8,14H2,1-3H3. The van der Waals surface area contributed by atoms with E-state index in [4.69, 9.17) is 5.73 Å². The maximum absolute atomic E-state index is 5.68. The SMILES string of the molecule is CC1CN(C(C)C)c2cc(CN)ccc21. The predicted octanol–water partition coefficient (Wildman–Crippen LogP) is 2.48. The van der Waals surface area contributed by atoms with E-state index in [0.717, 1.165) is 6.54 Å². The molecule has 0 bridgehead atoms. The lowest BCUT2D eigenvalue weighted by molar-refractivity contribution is 0.670. The van der Waals surface area contributed by atoms with Gasteiger partial charge in [0.2, 0.25) is 0 Å². The van der Waals surface area contributed by atoms with Gasteiger partial charge in [0, 0.05) is 30.7 Å². The summed E-state index contributed by atoms with van der Waals surface area (Å²) < 4.78 is 0. The number of anilines is 1. The molecule has 2 heteroatoms. The van der Waals surface area contributed by atoms with Gasteiger partial charge >= 0.3 is 0 Å². The molecule has 2 rings (SSSR count). The lowest BCUT2D eigenvalue weighted by Gasteiger charge is -2.24. The zero-order valence-electron chi connectivity index (χ0n) is 9.83. The van der Waals surface area contributed by atoms with E-state index in [1.54, 1.807) is 0 Å². The number of benzene rings is 1. The smallest absolute Gasteiger partial charge is 0.0407 e. The van der Waals surface area contributed by atoms with E-state index in [1.807, 2.05) is 0 Å². The second-order valence-electron chi connectivity index (χ2n) is 4.74. The van der Waals surface area contributed by atoms with Crippen LogP contribution in [0.1, 0.15) is 37.8 Å². The molecule has 0 fully saturated rings. The fraction of sp³-hybridized carbons (Fsp3) is 0.538. The quantitative estimate of drug-likeness (QED) is 0.802. The zero-order chi connectivity index (χ0) is 11.0. The van der Waals surface area contributed by atoms with Crippen LogP contribution in [0.15, 0.2) is 18.2 Å². The van der Waals surface area contributed by atoms with Crippen LogP contribution in [-0.2, 0) is 6.54 Å². The Morgan fingerprint density at radius 2 is 2.20 bits per heavy atom. The van der Waals surface area contributed by atoms with Crippen LogP contribution in [0.25, 0.3) is 0 Å². The van der Waals surface area contributed by atoms with E-state index in [-0.39, 0.29) is 0 Å². The van der Waals surface area contributed by atoms with Gasteiger partial charge in [0.1, 0.15) is 0 Å². The molecule has 2 N–H and O–H groups in total. The van der Waals surface area contributed by atoms with Crippen LogP contribution >= 0.6 is 0 Å². The summed E-state index contributed by atoms with van der Waals surface area (Å²) in [5.74, 6) is 0.647. The first kappa shape index (κ1) is 10.5. The lowest BCUT2D eigenvalue weighted by Crippen LogP contribution is -2.29. The minimum atomic E-state index is 0.571. The summed E-state index contributed by atoms with van der Waals surface area (Å²) in [6, 6.07) is 7.21. The van der Waals surface area contributed by atoms with Gasteiger partial charge in [-0.15, -0.1) is 0 Å². The van der Waals surface area contributed by atoms with Crippen LogP contribution in [-0.4, -0.2) is 12.6 Å². The summed E-state index contributed by atoms with van der Waals surface area (Å²) in [5.41, 5.74) is 9.77. The van der Waals surface area contributed by atoms with Crippen molar-refractivity contribution in [3.63, 3.8) is 0 Å². The van der Waals surface area contributed by atoms with Gasteiger partial charge in [-0.3, -0.25) is 0 Å². The van der Waals surface area contributed by atoms with Gasteiger partial charge in [0.05, 0.1) is 0 Å². The molecule has 0 saturated carbocycles. The van der Waals surface area contributed by atoms with Crippen molar-refractivity contribution in [2.45, 2.75) is 39.3 Å². The molecule has 0 spiro atoms. The summed E-state index contributed by atoms with van der Waals surface area (Å²) >= 11 is 0. The van der Waals surface area contributed by atoms with E-state index >= 15 is 0 Å². The topological polar surface area (TPSA) is 29.3 Å². The van der Waals surface area contributed by atoms with Crippen molar-refractivity contribution < 1.29 is 0 Å². The average molecular weight is 204 g/mol. The van der Waals surface area contributed by atoms with Crippen LogP contribution < -0.4 is 10.6 Å². The molecule has 0 saturated heterocycles. The van der Waals surface area contributed by atoms with Crippen molar-refractivity contribution in [3.8, 4) is 0 Å². The van der Waals surface area contributed by atoms with Gasteiger partial charge in [-0.1, -0.05) is 19.1 Å². The van der Waals surface area contributed by atoms with Crippen molar-refractivity contribution in [1.29, 1.82) is 0 Å². The average Bonchev–Trinajstić information content (AvgIpc) is 2.56. The molecule has 1 aromatic rings. The maximum Gasteiger partial charge on any atom is 0.0407 e. The highest BCUT2D eigenvalue weighted by molar-refractivity contribution is 5.62. The van der Waals surface area contributed by atoms with E-state index in [0.29, 0.717) is 18.5 Å². The minimum absolute atomic E-state index is 0.571. The monoisotopic (exact) mass is 204 g/mol. The Balaban J connectivity index is 2.42. The summed E-state index contributed by atoms with van der Waals surface area (Å²) in [6.07, 6.45) is 0. The predicted molar refractivity (Wildman–Crippen MR) is 65.2 cm³/mol. The van der Waals surface area contributed by atoms with Crippen molar-refractivity contribution in [1.82, 2.24) is 0 Å². The van der Waals surface area contributed by atoms with Crippen LogP contribution in [0.3, 0.4) is 0 Å². The van der Waals surface area contributed by atoms with Crippen molar-refractivity contribution in [2.75, 3.05) is 11.4 Å². The third kappa shape index (κ3) is 1.74. The number of hydrogen-bond donors (Lipinski definition) is 1. The van der Waals surface area contributed by atoms with E-state index in [9.17, 15) is 0 Å². The fourth-order valence-corrected chi connectivity index (χ4v) is 2.36. The van der Waals surface area contributed by atoms with Crippen molar-refractivity contribution in [3.05, 3.63) is 29.3 Å². The normalized spacial score (nSPS) is 19.8. The number of fused-ring (bicyclic) bond motifs is 1. The molecule has 15 heavy (non-hydrogen) atoms.